The summed E-state index contributed by atoms with van der Waals surface area (Å²) in [6.45, 7) is 0. The third kappa shape index (κ3) is 5.37. The molecule has 0 saturated carbocycles. The lowest BCUT2D eigenvalue weighted by molar-refractivity contribution is -0.138. The average molecular weight is 415 g/mol. The Labute approximate surface area is 170 Å². The molecule has 144 valence electrons. The fourth-order valence-electron chi connectivity index (χ4n) is 2.34. The number of carboxylic acid groups (broad SMARTS) is 1. The fraction of sp³-hybridized carbons (Fsp3) is 0.158. The quantitative estimate of drug-likeness (QED) is 0.532. The van der Waals surface area contributed by atoms with Crippen LogP contribution in [0.4, 0.5) is 0 Å². The molecule has 9 heteroatoms. The van der Waals surface area contributed by atoms with Crippen LogP contribution in [-0.4, -0.2) is 40.7 Å². The van der Waals surface area contributed by atoms with Crippen LogP contribution in [0.15, 0.2) is 68.5 Å². The molecule has 2 aromatic carbocycles. The van der Waals surface area contributed by atoms with Crippen LogP contribution < -0.4 is 10.1 Å². The van der Waals surface area contributed by atoms with E-state index in [9.17, 15) is 9.59 Å². The van der Waals surface area contributed by atoms with Crippen LogP contribution in [0.25, 0.3) is 0 Å². The second kappa shape index (κ2) is 9.43. The molecule has 7 nitrogen and oxygen atoms in total. The molecule has 0 aliphatic carbocycles. The Kier molecular flexibility index (Phi) is 6.72. The van der Waals surface area contributed by atoms with Crippen LogP contribution in [0.2, 0.25) is 0 Å². The number of ether oxygens (including phenoxy) is 1. The van der Waals surface area contributed by atoms with E-state index in [2.05, 4.69) is 15.5 Å². The molecule has 0 spiro atoms. The van der Waals surface area contributed by atoms with Crippen LogP contribution in [0.1, 0.15) is 12.0 Å². The molecule has 1 fully saturated rings. The third-order valence-corrected chi connectivity index (χ3v) is 5.86. The summed E-state index contributed by atoms with van der Waals surface area (Å²) in [6.07, 6.45) is 1.36. The van der Waals surface area contributed by atoms with E-state index in [0.29, 0.717) is 5.17 Å². The molecule has 2 N–H and O–H groups in total. The molecule has 1 atom stereocenters. The lowest BCUT2D eigenvalue weighted by atomic mass is 10.2. The van der Waals surface area contributed by atoms with Crippen LogP contribution in [0.5, 0.6) is 5.75 Å². The highest BCUT2D eigenvalue weighted by Gasteiger charge is 2.32. The molecule has 28 heavy (non-hydrogen) atoms. The number of amidine groups is 1. The first-order chi connectivity index (χ1) is 13.5. The first kappa shape index (κ1) is 20.0. The largest absolute Gasteiger partial charge is 0.497 e. The summed E-state index contributed by atoms with van der Waals surface area (Å²) in [4.78, 5) is 24.5. The van der Waals surface area contributed by atoms with E-state index in [-0.39, 0.29) is 12.3 Å². The molecule has 1 saturated heterocycles. The Morgan fingerprint density at radius 2 is 2.04 bits per heavy atom. The van der Waals surface area contributed by atoms with Crippen molar-refractivity contribution in [2.24, 2.45) is 10.2 Å². The highest BCUT2D eigenvalue weighted by atomic mass is 32.2. The van der Waals surface area contributed by atoms with E-state index in [1.807, 2.05) is 48.5 Å². The Bertz CT molecular complexity index is 929. The smallest absolute Gasteiger partial charge is 0.305 e. The van der Waals surface area contributed by atoms with Gasteiger partial charge in [0.1, 0.15) is 11.0 Å². The molecule has 1 heterocycles. The Hall–Kier alpha value is -2.78. The second-order valence-corrected chi connectivity index (χ2v) is 7.97. The van der Waals surface area contributed by atoms with Crippen LogP contribution in [0.3, 0.4) is 0 Å². The topological polar surface area (TPSA) is 100 Å². The Morgan fingerprint density at radius 1 is 1.29 bits per heavy atom. The predicted molar refractivity (Wildman–Crippen MR) is 110 cm³/mol. The summed E-state index contributed by atoms with van der Waals surface area (Å²) in [5, 5.41) is 19.0. The highest BCUT2D eigenvalue weighted by Crippen LogP contribution is 2.31. The number of nitrogens with zero attached hydrogens (tertiary/aromatic N) is 2. The fourth-order valence-corrected chi connectivity index (χ4v) is 4.17. The van der Waals surface area contributed by atoms with Crippen LogP contribution >= 0.6 is 23.5 Å². The predicted octanol–water partition coefficient (Wildman–Crippen LogP) is 3.24. The van der Waals surface area contributed by atoms with Gasteiger partial charge in [0.25, 0.3) is 0 Å². The van der Waals surface area contributed by atoms with Gasteiger partial charge in [0, 0.05) is 15.4 Å². The maximum absolute atomic E-state index is 11.7. The first-order valence-corrected chi connectivity index (χ1v) is 9.96. The number of aliphatic carboxylic acids is 1. The van der Waals surface area contributed by atoms with Gasteiger partial charge in [-0.1, -0.05) is 41.7 Å². The van der Waals surface area contributed by atoms with Crippen molar-refractivity contribution in [2.75, 3.05) is 7.11 Å². The number of thioether (sulfide) groups is 1. The number of carbonyl (C=O) groups is 2. The summed E-state index contributed by atoms with van der Waals surface area (Å²) in [5.41, 5.74) is 0.879. The zero-order valence-corrected chi connectivity index (χ0v) is 16.5. The molecule has 1 unspecified atom stereocenters. The van der Waals surface area contributed by atoms with Crippen molar-refractivity contribution in [3.05, 3.63) is 54.1 Å². The number of nitrogens with one attached hydrogen (secondary N) is 1. The van der Waals surface area contributed by atoms with Gasteiger partial charge in [-0.05, 0) is 30.3 Å². The molecule has 0 bridgehead atoms. The van der Waals surface area contributed by atoms with E-state index < -0.39 is 11.2 Å². The van der Waals surface area contributed by atoms with Gasteiger partial charge in [-0.25, -0.2) is 0 Å². The maximum Gasteiger partial charge on any atom is 0.305 e. The Morgan fingerprint density at radius 3 is 2.75 bits per heavy atom. The van der Waals surface area contributed by atoms with E-state index in [0.717, 1.165) is 32.9 Å². The number of hydrogen-bond acceptors (Lipinski definition) is 7. The zero-order valence-electron chi connectivity index (χ0n) is 14.9. The minimum absolute atomic E-state index is 0.249. The number of carbonyl (C=O) groups excluding carboxylic acids is 1. The average Bonchev–Trinajstić information content (AvgIpc) is 3.02. The van der Waals surface area contributed by atoms with Gasteiger partial charge in [-0.15, -0.1) is 5.10 Å². The summed E-state index contributed by atoms with van der Waals surface area (Å²) in [7, 11) is 1.63. The van der Waals surface area contributed by atoms with Crippen molar-refractivity contribution < 1.29 is 19.4 Å². The minimum atomic E-state index is -1.03. The third-order valence-electron chi connectivity index (χ3n) is 3.69. The van der Waals surface area contributed by atoms with Crippen molar-refractivity contribution in [1.29, 1.82) is 0 Å². The van der Waals surface area contributed by atoms with Gasteiger partial charge in [-0.2, -0.15) is 5.10 Å². The zero-order chi connectivity index (χ0) is 19.9. The molecular formula is C19H17N3O4S2. The molecule has 0 aromatic heterocycles. The summed E-state index contributed by atoms with van der Waals surface area (Å²) >= 11 is 2.66. The lowest BCUT2D eigenvalue weighted by Crippen LogP contribution is -2.26. The van der Waals surface area contributed by atoms with Crippen molar-refractivity contribution >= 4 is 46.8 Å². The number of benzene rings is 2. The van der Waals surface area contributed by atoms with Gasteiger partial charge >= 0.3 is 5.97 Å². The van der Waals surface area contributed by atoms with E-state index >= 15 is 0 Å². The van der Waals surface area contributed by atoms with Crippen molar-refractivity contribution in [2.45, 2.75) is 21.5 Å². The van der Waals surface area contributed by atoms with E-state index in [1.165, 1.54) is 0 Å². The number of hydrogen-bond donors (Lipinski definition) is 2. The standard InChI is InChI=1S/C19H17N3O4S2/c1-26-13-6-8-14(9-7-13)27-15-5-3-2-4-12(15)11-20-22-19-21-18(25)16(28-19)10-17(23)24/h2-9,11,16H,10H2,1H3,(H,23,24)(H,21,22,25). The molecule has 1 amide bonds. The maximum atomic E-state index is 11.7. The van der Waals surface area contributed by atoms with Gasteiger partial charge in [0.2, 0.25) is 5.91 Å². The van der Waals surface area contributed by atoms with Gasteiger partial charge in [-0.3, -0.25) is 9.59 Å². The number of amides is 1. The van der Waals surface area contributed by atoms with Crippen LogP contribution in [0, 0.1) is 0 Å². The van der Waals surface area contributed by atoms with Gasteiger partial charge < -0.3 is 15.2 Å². The molecular weight excluding hydrogens is 398 g/mol. The number of rotatable bonds is 7. The van der Waals surface area contributed by atoms with E-state index in [1.54, 1.807) is 25.1 Å². The van der Waals surface area contributed by atoms with Gasteiger partial charge in [0.15, 0.2) is 5.17 Å². The summed E-state index contributed by atoms with van der Waals surface area (Å²) < 4.78 is 5.17. The molecule has 2 aromatic rings. The number of methoxy groups -OCH3 is 1. The van der Waals surface area contributed by atoms with Gasteiger partial charge in [0.05, 0.1) is 19.7 Å². The SMILES string of the molecule is COc1ccc(Sc2ccccc2C=NN=C2NC(=O)C(CC(=O)O)S2)cc1. The van der Waals surface area contributed by atoms with Crippen LogP contribution in [-0.2, 0) is 9.59 Å². The monoisotopic (exact) mass is 415 g/mol. The highest BCUT2D eigenvalue weighted by molar-refractivity contribution is 8.15. The second-order valence-electron chi connectivity index (χ2n) is 5.66. The molecule has 1 aliphatic rings. The van der Waals surface area contributed by atoms with Crippen molar-refractivity contribution in [3.63, 3.8) is 0 Å². The molecule has 3 rings (SSSR count). The normalized spacial score (nSPS) is 17.8. The van der Waals surface area contributed by atoms with Crippen molar-refractivity contribution in [3.8, 4) is 5.75 Å². The van der Waals surface area contributed by atoms with E-state index in [4.69, 9.17) is 9.84 Å². The Balaban J connectivity index is 1.69. The number of carboxylic acids is 1. The molecule has 1 aliphatic heterocycles. The lowest BCUT2D eigenvalue weighted by Gasteiger charge is -2.06. The first-order valence-electron chi connectivity index (χ1n) is 8.26. The minimum Gasteiger partial charge on any atom is -0.497 e. The summed E-state index contributed by atoms with van der Waals surface area (Å²) in [5.74, 6) is -0.592. The molecule has 0 radical (unpaired) electrons. The summed E-state index contributed by atoms with van der Waals surface area (Å²) in [6, 6.07) is 15.5. The van der Waals surface area contributed by atoms with Crippen molar-refractivity contribution in [1.82, 2.24) is 5.32 Å².